The van der Waals surface area contributed by atoms with E-state index in [1.807, 2.05) is 31.2 Å². The van der Waals surface area contributed by atoms with Crippen molar-refractivity contribution in [3.63, 3.8) is 0 Å². The van der Waals surface area contributed by atoms with Crippen molar-refractivity contribution in [1.82, 2.24) is 20.2 Å². The Balaban J connectivity index is 1.60. The zero-order valence-electron chi connectivity index (χ0n) is 17.1. The van der Waals surface area contributed by atoms with Gasteiger partial charge in [-0.05, 0) is 45.7 Å². The van der Waals surface area contributed by atoms with Crippen LogP contribution in [-0.4, -0.2) is 52.6 Å². The Bertz CT molecular complexity index is 861. The Kier molecular flexibility index (Phi) is 6.64. The van der Waals surface area contributed by atoms with E-state index >= 15 is 0 Å². The number of ether oxygens (including phenoxy) is 1. The van der Waals surface area contributed by atoms with Crippen LogP contribution in [0.3, 0.4) is 0 Å². The van der Waals surface area contributed by atoms with Crippen LogP contribution >= 0.6 is 0 Å². The van der Waals surface area contributed by atoms with E-state index in [-0.39, 0.29) is 18.0 Å². The van der Waals surface area contributed by atoms with Crippen molar-refractivity contribution >= 4 is 23.5 Å². The van der Waals surface area contributed by atoms with Crippen LogP contribution in [0.5, 0.6) is 0 Å². The molecule has 2 heterocycles. The lowest BCUT2D eigenvalue weighted by Crippen LogP contribution is -2.46. The van der Waals surface area contributed by atoms with E-state index in [0.29, 0.717) is 49.9 Å². The standard InChI is InChI=1S/C21H27N5O3/c1-4-29-21(28)26-11-9-17(10-12-26)25-20(27)18-13-19(23-15(3)22-18)24-16-7-5-14(2)6-8-16/h5-8,13,17H,4,9-12H2,1-3H3,(H,25,27)(H,22,23,24). The number of benzene rings is 1. The lowest BCUT2D eigenvalue weighted by molar-refractivity contribution is 0.0856. The van der Waals surface area contributed by atoms with Crippen molar-refractivity contribution < 1.29 is 14.3 Å². The molecule has 2 N–H and O–H groups in total. The molecule has 0 radical (unpaired) electrons. The lowest BCUT2D eigenvalue weighted by atomic mass is 10.1. The van der Waals surface area contributed by atoms with E-state index < -0.39 is 0 Å². The molecule has 29 heavy (non-hydrogen) atoms. The first kappa shape index (κ1) is 20.6. The molecule has 1 saturated heterocycles. The van der Waals surface area contributed by atoms with E-state index in [1.54, 1.807) is 24.8 Å². The second-order valence-electron chi connectivity index (χ2n) is 7.11. The number of hydrogen-bond donors (Lipinski definition) is 2. The van der Waals surface area contributed by atoms with Crippen molar-refractivity contribution in [3.8, 4) is 0 Å². The molecule has 1 aliphatic rings. The van der Waals surface area contributed by atoms with Crippen LogP contribution in [0.2, 0.25) is 0 Å². The van der Waals surface area contributed by atoms with Gasteiger partial charge in [-0.25, -0.2) is 14.8 Å². The number of aryl methyl sites for hydroxylation is 2. The van der Waals surface area contributed by atoms with Gasteiger partial charge in [0.15, 0.2) is 0 Å². The highest BCUT2D eigenvalue weighted by atomic mass is 16.6. The van der Waals surface area contributed by atoms with Gasteiger partial charge in [-0.3, -0.25) is 4.79 Å². The van der Waals surface area contributed by atoms with E-state index in [9.17, 15) is 9.59 Å². The van der Waals surface area contributed by atoms with Crippen molar-refractivity contribution in [2.75, 3.05) is 25.0 Å². The molecule has 0 aliphatic carbocycles. The van der Waals surface area contributed by atoms with E-state index in [4.69, 9.17) is 4.74 Å². The first-order valence-electron chi connectivity index (χ1n) is 9.86. The third-order valence-corrected chi connectivity index (χ3v) is 4.75. The molecule has 0 spiro atoms. The molecule has 2 amide bonds. The first-order valence-corrected chi connectivity index (χ1v) is 9.86. The number of nitrogens with zero attached hydrogens (tertiary/aromatic N) is 3. The van der Waals surface area contributed by atoms with E-state index in [1.165, 1.54) is 5.56 Å². The summed E-state index contributed by atoms with van der Waals surface area (Å²) in [4.78, 5) is 34.8. The van der Waals surface area contributed by atoms with Crippen molar-refractivity contribution in [3.05, 3.63) is 47.4 Å². The van der Waals surface area contributed by atoms with Gasteiger partial charge in [0.25, 0.3) is 5.91 Å². The molecule has 1 aromatic heterocycles. The van der Waals surface area contributed by atoms with Crippen LogP contribution < -0.4 is 10.6 Å². The van der Waals surface area contributed by atoms with Gasteiger partial charge in [-0.15, -0.1) is 0 Å². The summed E-state index contributed by atoms with van der Waals surface area (Å²) in [6, 6.07) is 9.58. The Hall–Kier alpha value is -3.16. The fraction of sp³-hybridized carbons (Fsp3) is 0.429. The number of hydrogen-bond acceptors (Lipinski definition) is 6. The molecule has 154 valence electrons. The minimum atomic E-state index is -0.296. The molecule has 2 aromatic rings. The maximum absolute atomic E-state index is 12.7. The number of piperidine rings is 1. The van der Waals surface area contributed by atoms with Gasteiger partial charge in [0.2, 0.25) is 0 Å². The van der Waals surface area contributed by atoms with E-state index in [0.717, 1.165) is 5.69 Å². The maximum atomic E-state index is 12.7. The van der Waals surface area contributed by atoms with Gasteiger partial charge in [0, 0.05) is 30.9 Å². The molecular formula is C21H27N5O3. The summed E-state index contributed by atoms with van der Waals surface area (Å²) in [5.41, 5.74) is 2.38. The van der Waals surface area contributed by atoms with Crippen molar-refractivity contribution in [1.29, 1.82) is 0 Å². The monoisotopic (exact) mass is 397 g/mol. The van der Waals surface area contributed by atoms with Crippen LogP contribution in [0.15, 0.2) is 30.3 Å². The summed E-state index contributed by atoms with van der Waals surface area (Å²) < 4.78 is 5.02. The molecule has 8 heteroatoms. The summed E-state index contributed by atoms with van der Waals surface area (Å²) in [6.07, 6.45) is 1.07. The van der Waals surface area contributed by atoms with Gasteiger partial charge < -0.3 is 20.3 Å². The number of amides is 2. The number of carbonyl (C=O) groups excluding carboxylic acids is 2. The normalized spacial score (nSPS) is 14.4. The Morgan fingerprint density at radius 3 is 2.48 bits per heavy atom. The average molecular weight is 397 g/mol. The molecule has 1 aliphatic heterocycles. The van der Waals surface area contributed by atoms with Gasteiger partial charge >= 0.3 is 6.09 Å². The molecule has 0 bridgehead atoms. The summed E-state index contributed by atoms with van der Waals surface area (Å²) in [5, 5.41) is 6.23. The average Bonchev–Trinajstić information content (AvgIpc) is 2.70. The molecule has 3 rings (SSSR count). The third kappa shape index (κ3) is 5.66. The second-order valence-corrected chi connectivity index (χ2v) is 7.11. The molecule has 0 atom stereocenters. The Labute approximate surface area is 170 Å². The molecule has 1 aromatic carbocycles. The largest absolute Gasteiger partial charge is 0.450 e. The van der Waals surface area contributed by atoms with Gasteiger partial charge in [-0.2, -0.15) is 0 Å². The van der Waals surface area contributed by atoms with Crippen molar-refractivity contribution in [2.24, 2.45) is 0 Å². The van der Waals surface area contributed by atoms with Crippen molar-refractivity contribution in [2.45, 2.75) is 39.7 Å². The second kappa shape index (κ2) is 9.36. The topological polar surface area (TPSA) is 96.5 Å². The van der Waals surface area contributed by atoms with E-state index in [2.05, 4.69) is 20.6 Å². The van der Waals surface area contributed by atoms with Crippen LogP contribution in [-0.2, 0) is 4.74 Å². The number of nitrogens with one attached hydrogen (secondary N) is 2. The number of carbonyl (C=O) groups is 2. The maximum Gasteiger partial charge on any atom is 0.409 e. The highest BCUT2D eigenvalue weighted by Gasteiger charge is 2.25. The minimum Gasteiger partial charge on any atom is -0.450 e. The van der Waals surface area contributed by atoms with Crippen LogP contribution in [0, 0.1) is 13.8 Å². The smallest absolute Gasteiger partial charge is 0.409 e. The van der Waals surface area contributed by atoms with Gasteiger partial charge in [0.05, 0.1) is 6.61 Å². The van der Waals surface area contributed by atoms with Crippen LogP contribution in [0.25, 0.3) is 0 Å². The minimum absolute atomic E-state index is 0.00282. The molecule has 8 nitrogen and oxygen atoms in total. The quantitative estimate of drug-likeness (QED) is 0.804. The summed E-state index contributed by atoms with van der Waals surface area (Å²) in [5.74, 6) is 0.852. The van der Waals surface area contributed by atoms with Gasteiger partial charge in [0.1, 0.15) is 17.3 Å². The summed E-state index contributed by atoms with van der Waals surface area (Å²) >= 11 is 0. The predicted octanol–water partition coefficient (Wildman–Crippen LogP) is 3.19. The number of rotatable bonds is 5. The number of anilines is 2. The predicted molar refractivity (Wildman–Crippen MR) is 110 cm³/mol. The highest BCUT2D eigenvalue weighted by Crippen LogP contribution is 2.17. The lowest BCUT2D eigenvalue weighted by Gasteiger charge is -2.31. The number of likely N-dealkylation sites (tertiary alicyclic amines) is 1. The zero-order valence-corrected chi connectivity index (χ0v) is 17.1. The van der Waals surface area contributed by atoms with Gasteiger partial charge in [-0.1, -0.05) is 17.7 Å². The molecular weight excluding hydrogens is 370 g/mol. The summed E-state index contributed by atoms with van der Waals surface area (Å²) in [7, 11) is 0. The Morgan fingerprint density at radius 2 is 1.83 bits per heavy atom. The third-order valence-electron chi connectivity index (χ3n) is 4.75. The SMILES string of the molecule is CCOC(=O)N1CCC(NC(=O)c2cc(Nc3ccc(C)cc3)nc(C)n2)CC1. The fourth-order valence-corrected chi connectivity index (χ4v) is 3.21. The highest BCUT2D eigenvalue weighted by molar-refractivity contribution is 5.93. The van der Waals surface area contributed by atoms with Crippen LogP contribution in [0.4, 0.5) is 16.3 Å². The summed E-state index contributed by atoms with van der Waals surface area (Å²) in [6.45, 7) is 7.06. The first-order chi connectivity index (χ1) is 13.9. The van der Waals surface area contributed by atoms with Crippen LogP contribution in [0.1, 0.15) is 41.6 Å². The number of aromatic nitrogens is 2. The molecule has 0 saturated carbocycles. The zero-order chi connectivity index (χ0) is 20.8. The molecule has 0 unspecified atom stereocenters. The molecule has 1 fully saturated rings. The fourth-order valence-electron chi connectivity index (χ4n) is 3.21. The Morgan fingerprint density at radius 1 is 1.14 bits per heavy atom.